The van der Waals surface area contributed by atoms with Gasteiger partial charge in [-0.1, -0.05) is 6.92 Å². The van der Waals surface area contributed by atoms with Crippen molar-refractivity contribution < 1.29 is 9.53 Å². The van der Waals surface area contributed by atoms with Gasteiger partial charge in [0.25, 0.3) is 0 Å². The predicted molar refractivity (Wildman–Crippen MR) is 75.1 cm³/mol. The molecule has 0 unspecified atom stereocenters. The van der Waals surface area contributed by atoms with Gasteiger partial charge < -0.3 is 15.5 Å². The van der Waals surface area contributed by atoms with Gasteiger partial charge in [0.15, 0.2) is 0 Å². The van der Waals surface area contributed by atoms with E-state index in [4.69, 9.17) is 10.5 Å². The van der Waals surface area contributed by atoms with Crippen LogP contribution in [-0.4, -0.2) is 22.0 Å². The predicted octanol–water partition coefficient (Wildman–Crippen LogP) is 2.48. The van der Waals surface area contributed by atoms with Crippen LogP contribution in [0.2, 0.25) is 0 Å². The molecule has 20 heavy (non-hydrogen) atoms. The molecule has 0 spiro atoms. The molecule has 0 bridgehead atoms. The lowest BCUT2D eigenvalue weighted by Crippen LogP contribution is -2.44. The summed E-state index contributed by atoms with van der Waals surface area (Å²) in [6, 6.07) is 0. The van der Waals surface area contributed by atoms with Gasteiger partial charge >= 0.3 is 5.97 Å². The highest BCUT2D eigenvalue weighted by molar-refractivity contribution is 5.87. The third-order valence-electron chi connectivity index (χ3n) is 4.75. The lowest BCUT2D eigenvalue weighted by atomic mass is 9.77. The fourth-order valence-electron chi connectivity index (χ4n) is 3.03. The van der Waals surface area contributed by atoms with Crippen LogP contribution in [0.25, 0.3) is 0 Å². The second-order valence-electron chi connectivity index (χ2n) is 6.44. The Balaban J connectivity index is 1.60. The maximum Gasteiger partial charge on any atom is 0.356 e. The number of hydrogen-bond donors (Lipinski definition) is 2. The molecule has 3 rings (SSSR count). The van der Waals surface area contributed by atoms with Gasteiger partial charge in [-0.3, -0.25) is 0 Å². The van der Waals surface area contributed by atoms with Crippen molar-refractivity contribution >= 4 is 5.97 Å². The van der Waals surface area contributed by atoms with Crippen molar-refractivity contribution in [3.63, 3.8) is 0 Å². The number of imidazole rings is 1. The van der Waals surface area contributed by atoms with Crippen LogP contribution in [0.15, 0.2) is 6.20 Å². The van der Waals surface area contributed by atoms with E-state index in [1.807, 2.05) is 0 Å². The lowest BCUT2D eigenvalue weighted by Gasteiger charge is -2.35. The van der Waals surface area contributed by atoms with Crippen LogP contribution < -0.4 is 5.73 Å². The molecule has 1 aromatic rings. The van der Waals surface area contributed by atoms with E-state index in [2.05, 4.69) is 16.9 Å². The second kappa shape index (κ2) is 5.20. The molecule has 5 nitrogen and oxygen atoms in total. The van der Waals surface area contributed by atoms with E-state index in [1.165, 1.54) is 0 Å². The molecule has 110 valence electrons. The SMILES string of the molecule is CC1CCC(OC(=O)c2cnc(C3(N)CCC3)[nH]2)CC1. The van der Waals surface area contributed by atoms with E-state index in [0.717, 1.165) is 50.9 Å². The van der Waals surface area contributed by atoms with Crippen LogP contribution in [0, 0.1) is 5.92 Å². The van der Waals surface area contributed by atoms with Crippen molar-refractivity contribution in [3.05, 3.63) is 17.7 Å². The summed E-state index contributed by atoms with van der Waals surface area (Å²) in [5.74, 6) is 1.17. The molecule has 0 aromatic carbocycles. The molecule has 3 N–H and O–H groups in total. The molecule has 2 aliphatic rings. The van der Waals surface area contributed by atoms with Crippen LogP contribution in [0.4, 0.5) is 0 Å². The third kappa shape index (κ3) is 2.59. The summed E-state index contributed by atoms with van der Waals surface area (Å²) in [4.78, 5) is 19.4. The highest BCUT2D eigenvalue weighted by Gasteiger charge is 2.37. The zero-order valence-electron chi connectivity index (χ0n) is 12.0. The monoisotopic (exact) mass is 277 g/mol. The summed E-state index contributed by atoms with van der Waals surface area (Å²) in [5, 5.41) is 0. The molecule has 5 heteroatoms. The van der Waals surface area contributed by atoms with Gasteiger partial charge in [-0.2, -0.15) is 0 Å². The number of nitrogens with two attached hydrogens (primary N) is 1. The highest BCUT2D eigenvalue weighted by atomic mass is 16.5. The molecule has 2 saturated carbocycles. The Morgan fingerprint density at radius 1 is 1.40 bits per heavy atom. The minimum absolute atomic E-state index is 0.0565. The van der Waals surface area contributed by atoms with Crippen LogP contribution in [0.5, 0.6) is 0 Å². The number of carbonyl (C=O) groups excluding carboxylic acids is 1. The Morgan fingerprint density at radius 3 is 2.70 bits per heavy atom. The smallest absolute Gasteiger partial charge is 0.356 e. The summed E-state index contributed by atoms with van der Waals surface area (Å²) in [5.41, 5.74) is 6.26. The van der Waals surface area contributed by atoms with E-state index >= 15 is 0 Å². The highest BCUT2D eigenvalue weighted by Crippen LogP contribution is 2.37. The summed E-state index contributed by atoms with van der Waals surface area (Å²) in [6.45, 7) is 2.25. The Bertz CT molecular complexity index is 485. The normalized spacial score (nSPS) is 28.7. The minimum atomic E-state index is -0.362. The van der Waals surface area contributed by atoms with Crippen LogP contribution in [0.3, 0.4) is 0 Å². The van der Waals surface area contributed by atoms with Gasteiger partial charge in [0.1, 0.15) is 17.6 Å². The van der Waals surface area contributed by atoms with Crippen LogP contribution in [0.1, 0.15) is 68.2 Å². The standard InChI is InChI=1S/C15H23N3O2/c1-10-3-5-11(6-4-10)20-13(19)12-9-17-14(18-12)15(16)7-2-8-15/h9-11H,2-8,16H2,1H3,(H,17,18). The van der Waals surface area contributed by atoms with Crippen LogP contribution >= 0.6 is 0 Å². The van der Waals surface area contributed by atoms with E-state index in [1.54, 1.807) is 6.20 Å². The Hall–Kier alpha value is -1.36. The Morgan fingerprint density at radius 2 is 2.10 bits per heavy atom. The maximum atomic E-state index is 12.1. The van der Waals surface area contributed by atoms with Crippen LogP contribution in [-0.2, 0) is 10.3 Å². The van der Waals surface area contributed by atoms with Gasteiger partial charge in [-0.05, 0) is 50.9 Å². The molecule has 2 fully saturated rings. The number of aromatic nitrogens is 2. The van der Waals surface area contributed by atoms with Crippen molar-refractivity contribution in [2.45, 2.75) is 63.5 Å². The first-order chi connectivity index (χ1) is 9.57. The molecule has 0 atom stereocenters. The molecule has 0 radical (unpaired) electrons. The van der Waals surface area contributed by atoms with Gasteiger partial charge in [0, 0.05) is 0 Å². The van der Waals surface area contributed by atoms with Gasteiger partial charge in [0.2, 0.25) is 0 Å². The number of H-pyrrole nitrogens is 1. The number of carbonyl (C=O) groups is 1. The number of hydrogen-bond acceptors (Lipinski definition) is 4. The van der Waals surface area contributed by atoms with E-state index in [0.29, 0.717) is 11.5 Å². The molecule has 1 aromatic heterocycles. The van der Waals surface area contributed by atoms with Crippen molar-refractivity contribution in [2.24, 2.45) is 11.7 Å². The first-order valence-corrected chi connectivity index (χ1v) is 7.62. The molecule has 2 aliphatic carbocycles. The number of ether oxygens (including phenoxy) is 1. The molecule has 0 saturated heterocycles. The number of nitrogens with zero attached hydrogens (tertiary/aromatic N) is 1. The average molecular weight is 277 g/mol. The minimum Gasteiger partial charge on any atom is -0.458 e. The maximum absolute atomic E-state index is 12.1. The van der Waals surface area contributed by atoms with Crippen molar-refractivity contribution in [1.82, 2.24) is 9.97 Å². The van der Waals surface area contributed by atoms with Crippen molar-refractivity contribution in [1.29, 1.82) is 0 Å². The molecular formula is C15H23N3O2. The molecule has 0 amide bonds. The second-order valence-corrected chi connectivity index (χ2v) is 6.44. The number of aromatic amines is 1. The lowest BCUT2D eigenvalue weighted by molar-refractivity contribution is 0.0167. The zero-order chi connectivity index (χ0) is 14.2. The summed E-state index contributed by atoms with van der Waals surface area (Å²) in [7, 11) is 0. The molecule has 0 aliphatic heterocycles. The van der Waals surface area contributed by atoms with E-state index in [9.17, 15) is 4.79 Å². The zero-order valence-corrected chi connectivity index (χ0v) is 12.0. The van der Waals surface area contributed by atoms with Gasteiger partial charge in [-0.15, -0.1) is 0 Å². The quantitative estimate of drug-likeness (QED) is 0.832. The van der Waals surface area contributed by atoms with Gasteiger partial charge in [-0.25, -0.2) is 9.78 Å². The average Bonchev–Trinajstić information content (AvgIpc) is 2.89. The van der Waals surface area contributed by atoms with E-state index in [-0.39, 0.29) is 17.6 Å². The third-order valence-corrected chi connectivity index (χ3v) is 4.75. The summed E-state index contributed by atoms with van der Waals surface area (Å²) in [6.07, 6.45) is 8.79. The van der Waals surface area contributed by atoms with Crippen molar-refractivity contribution in [2.75, 3.05) is 0 Å². The number of nitrogens with one attached hydrogen (secondary N) is 1. The Labute approximate surface area is 119 Å². The van der Waals surface area contributed by atoms with Gasteiger partial charge in [0.05, 0.1) is 11.7 Å². The van der Waals surface area contributed by atoms with E-state index < -0.39 is 0 Å². The number of rotatable bonds is 3. The number of esters is 1. The van der Waals surface area contributed by atoms with Crippen molar-refractivity contribution in [3.8, 4) is 0 Å². The fourth-order valence-corrected chi connectivity index (χ4v) is 3.03. The fraction of sp³-hybridized carbons (Fsp3) is 0.733. The first-order valence-electron chi connectivity index (χ1n) is 7.62. The Kier molecular flexibility index (Phi) is 3.54. The summed E-state index contributed by atoms with van der Waals surface area (Å²) >= 11 is 0. The largest absolute Gasteiger partial charge is 0.458 e. The topological polar surface area (TPSA) is 81.0 Å². The summed E-state index contributed by atoms with van der Waals surface area (Å²) < 4.78 is 5.55. The molecular weight excluding hydrogens is 254 g/mol. The molecule has 1 heterocycles. The first kappa shape index (κ1) is 13.6.